The first-order valence-electron chi connectivity index (χ1n) is 20.7. The molecule has 1 heterocycles. The van der Waals surface area contributed by atoms with E-state index < -0.39 is 94.2 Å². The van der Waals surface area contributed by atoms with Crippen LogP contribution in [0.15, 0.2) is 102 Å². The van der Waals surface area contributed by atoms with Crippen LogP contribution in [-0.4, -0.2) is 97.3 Å². The highest BCUT2D eigenvalue weighted by molar-refractivity contribution is 5.95. The molecule has 0 aromatic heterocycles. The van der Waals surface area contributed by atoms with Gasteiger partial charge in [0.25, 0.3) is 5.91 Å². The molecule has 61 heavy (non-hydrogen) atoms. The molecule has 13 nitrogen and oxygen atoms in total. The van der Waals surface area contributed by atoms with Crippen molar-refractivity contribution in [1.82, 2.24) is 5.32 Å². The van der Waals surface area contributed by atoms with E-state index in [-0.39, 0.29) is 30.8 Å². The third kappa shape index (κ3) is 7.18. The zero-order chi connectivity index (χ0) is 44.1. The van der Waals surface area contributed by atoms with Crippen LogP contribution in [-0.2, 0) is 42.8 Å². The minimum atomic E-state index is -2.09. The summed E-state index contributed by atoms with van der Waals surface area (Å²) in [7, 11) is 2.83. The van der Waals surface area contributed by atoms with E-state index in [4.69, 9.17) is 28.4 Å². The van der Waals surface area contributed by atoms with Crippen molar-refractivity contribution in [2.75, 3.05) is 20.8 Å². The van der Waals surface area contributed by atoms with E-state index in [1.807, 2.05) is 6.07 Å². The largest absolute Gasteiger partial charge is 0.456 e. The van der Waals surface area contributed by atoms with Crippen LogP contribution in [0.1, 0.15) is 86.7 Å². The predicted octanol–water partition coefficient (Wildman–Crippen LogP) is 5.75. The lowest BCUT2D eigenvalue weighted by Gasteiger charge is -2.68. The van der Waals surface area contributed by atoms with Crippen molar-refractivity contribution >= 4 is 29.6 Å². The van der Waals surface area contributed by atoms with Crippen molar-refractivity contribution in [3.63, 3.8) is 0 Å². The van der Waals surface area contributed by atoms with Crippen LogP contribution in [0.3, 0.4) is 0 Å². The fraction of sp³-hybridized carbons (Fsp3) is 0.479. The first kappa shape index (κ1) is 43.9. The fourth-order valence-corrected chi connectivity index (χ4v) is 11.0. The van der Waals surface area contributed by atoms with Gasteiger partial charge in [0.1, 0.15) is 29.7 Å². The number of ether oxygens (including phenoxy) is 6. The zero-order valence-corrected chi connectivity index (χ0v) is 35.8. The van der Waals surface area contributed by atoms with Gasteiger partial charge >= 0.3 is 17.9 Å². The Morgan fingerprint density at radius 1 is 0.869 bits per heavy atom. The van der Waals surface area contributed by atoms with E-state index in [1.54, 1.807) is 120 Å². The molecule has 7 rings (SSSR count). The number of benzene rings is 3. The number of hydrogen-bond acceptors (Lipinski definition) is 12. The van der Waals surface area contributed by atoms with E-state index in [2.05, 4.69) is 5.32 Å². The second-order valence-corrected chi connectivity index (χ2v) is 17.5. The highest BCUT2D eigenvalue weighted by Gasteiger charge is 2.78. The molecule has 0 radical (unpaired) electrons. The maximum absolute atomic E-state index is 15.5. The topological polar surface area (TPSA) is 173 Å². The molecule has 1 saturated heterocycles. The molecule has 1 aliphatic heterocycles. The third-order valence-corrected chi connectivity index (χ3v) is 14.0. The van der Waals surface area contributed by atoms with Crippen molar-refractivity contribution in [2.24, 2.45) is 22.7 Å². The Labute approximate surface area is 356 Å². The normalized spacial score (nSPS) is 32.3. The van der Waals surface area contributed by atoms with E-state index in [0.717, 1.165) is 0 Å². The quantitative estimate of drug-likeness (QED) is 0.136. The zero-order valence-electron chi connectivity index (χ0n) is 35.8. The van der Waals surface area contributed by atoms with Crippen LogP contribution in [0.25, 0.3) is 0 Å². The number of aliphatic hydroxyl groups is 1. The number of nitrogens with one attached hydrogen (secondary N) is 1. The molecule has 3 aromatic rings. The van der Waals surface area contributed by atoms with Gasteiger partial charge in [-0.3, -0.25) is 14.4 Å². The Hall–Kier alpha value is -5.21. The van der Waals surface area contributed by atoms with Gasteiger partial charge in [-0.05, 0) is 54.8 Å². The Bertz CT molecular complexity index is 2190. The van der Waals surface area contributed by atoms with Gasteiger partial charge in [0, 0.05) is 50.9 Å². The molecule has 3 aromatic carbocycles. The molecule has 11 atom stereocenters. The molecule has 3 aliphatic carbocycles. The van der Waals surface area contributed by atoms with Crippen LogP contribution >= 0.6 is 0 Å². The van der Waals surface area contributed by atoms with Crippen LogP contribution in [0.2, 0.25) is 0 Å². The van der Waals surface area contributed by atoms with Crippen molar-refractivity contribution in [1.29, 1.82) is 0 Å². The number of ketones is 1. The summed E-state index contributed by atoms with van der Waals surface area (Å²) in [6.07, 6.45) is -5.80. The summed E-state index contributed by atoms with van der Waals surface area (Å²) in [6.45, 7) is 9.95. The molecule has 324 valence electrons. The molecule has 1 unspecified atom stereocenters. The Morgan fingerprint density at radius 2 is 1.46 bits per heavy atom. The Balaban J connectivity index is 1.37. The van der Waals surface area contributed by atoms with Gasteiger partial charge in [0.15, 0.2) is 11.7 Å². The number of methoxy groups -OCH3 is 2. The molecule has 2 N–H and O–H groups in total. The lowest BCUT2D eigenvalue weighted by atomic mass is 9.43. The van der Waals surface area contributed by atoms with Gasteiger partial charge in [0.2, 0.25) is 0 Å². The van der Waals surface area contributed by atoms with E-state index in [9.17, 15) is 24.3 Å². The highest BCUT2D eigenvalue weighted by atomic mass is 16.6. The third-order valence-electron chi connectivity index (χ3n) is 14.0. The standard InChI is InChI=1S/C48H55NO12/c1-27-33(59-44(54)38(57-8)37(30-18-12-9-13-19-30)49-42(52)31-20-14-10-15-21-31)25-48(55)41(60-43(53)32-22-16-11-17-23-32)39-46(6,40(51)28(2)36(27)45(48,4)5)34(56-7)24-35-47(39,26-58-35)61-29(3)50/h9-23,28,33-35,37-39,41,55H,24-26H2,1-8H3,(H,49,52)/t28-,33-,34+,35?,37-,38+,39-,41-,46-,47-,48-/m1/s1. The number of carbonyl (C=O) groups excluding carboxylic acids is 5. The molecule has 13 heteroatoms. The number of esters is 3. The van der Waals surface area contributed by atoms with Crippen LogP contribution < -0.4 is 5.32 Å². The van der Waals surface area contributed by atoms with Gasteiger partial charge in [-0.1, -0.05) is 87.5 Å². The highest BCUT2D eigenvalue weighted by Crippen LogP contribution is 2.65. The Kier molecular flexibility index (Phi) is 11.9. The van der Waals surface area contributed by atoms with E-state index in [0.29, 0.717) is 22.3 Å². The summed E-state index contributed by atoms with van der Waals surface area (Å²) in [4.78, 5) is 71.1. The summed E-state index contributed by atoms with van der Waals surface area (Å²) in [5, 5.41) is 16.7. The van der Waals surface area contributed by atoms with Gasteiger partial charge in [0.05, 0.1) is 35.6 Å². The lowest BCUT2D eigenvalue weighted by molar-refractivity contribution is -0.346. The molecular formula is C48H55NO12. The first-order valence-corrected chi connectivity index (χ1v) is 20.7. The second kappa shape index (κ2) is 16.6. The summed E-state index contributed by atoms with van der Waals surface area (Å²) in [5.74, 6) is -5.11. The van der Waals surface area contributed by atoms with Gasteiger partial charge < -0.3 is 38.8 Å². The molecule has 2 bridgehead atoms. The average Bonchev–Trinajstić information content (AvgIpc) is 3.24. The van der Waals surface area contributed by atoms with Crippen LogP contribution in [0.4, 0.5) is 0 Å². The van der Waals surface area contributed by atoms with Crippen LogP contribution in [0, 0.1) is 22.7 Å². The monoisotopic (exact) mass is 837 g/mol. The Morgan fingerprint density at radius 3 is 2.00 bits per heavy atom. The second-order valence-electron chi connectivity index (χ2n) is 17.5. The molecule has 1 amide bonds. The molecule has 3 fully saturated rings. The van der Waals surface area contributed by atoms with Crippen molar-refractivity contribution in [3.05, 3.63) is 119 Å². The maximum Gasteiger partial charge on any atom is 0.338 e. The number of amides is 1. The number of hydrogen-bond donors (Lipinski definition) is 2. The summed E-state index contributed by atoms with van der Waals surface area (Å²) >= 11 is 0. The molecule has 0 spiro atoms. The van der Waals surface area contributed by atoms with E-state index >= 15 is 4.79 Å². The number of carbonyl (C=O) groups is 5. The van der Waals surface area contributed by atoms with Gasteiger partial charge in [-0.25, -0.2) is 9.59 Å². The van der Waals surface area contributed by atoms with Gasteiger partial charge in [-0.15, -0.1) is 0 Å². The predicted molar refractivity (Wildman–Crippen MR) is 221 cm³/mol. The number of fused-ring (bicyclic) bond motifs is 5. The summed E-state index contributed by atoms with van der Waals surface area (Å²) in [6, 6.07) is 24.7. The lowest BCUT2D eigenvalue weighted by Crippen LogP contribution is -2.81. The van der Waals surface area contributed by atoms with E-state index in [1.165, 1.54) is 21.1 Å². The van der Waals surface area contributed by atoms with Gasteiger partial charge in [-0.2, -0.15) is 0 Å². The van der Waals surface area contributed by atoms with Crippen molar-refractivity contribution in [2.45, 2.75) is 102 Å². The minimum Gasteiger partial charge on any atom is -0.456 e. The van der Waals surface area contributed by atoms with Crippen LogP contribution in [0.5, 0.6) is 0 Å². The number of Topliss-reactive ketones (excluding diaryl/α,β-unsaturated/α-hetero) is 1. The first-order chi connectivity index (χ1) is 29.0. The molecule has 2 saturated carbocycles. The average molecular weight is 838 g/mol. The summed E-state index contributed by atoms with van der Waals surface area (Å²) < 4.78 is 37.2. The fourth-order valence-electron chi connectivity index (χ4n) is 11.0. The SMILES string of the molecule is CO[C@H](C(=O)O[C@@H]1C[C@@]2(O)[C@H](OC(=O)c3ccccc3)[C@@H]3[C@](C)(C(=O)[C@H](C)C(=C1C)C2(C)C)[C@@H](OC)CC1OC[C@@]13OC(C)=O)[C@H](NC(=O)c1ccccc1)c1ccccc1. The smallest absolute Gasteiger partial charge is 0.338 e. The number of rotatable bonds is 11. The minimum absolute atomic E-state index is 0.128. The van der Waals surface area contributed by atoms with Crippen molar-refractivity contribution in [3.8, 4) is 0 Å². The maximum atomic E-state index is 15.5. The molecular weight excluding hydrogens is 783 g/mol. The van der Waals surface area contributed by atoms with Crippen molar-refractivity contribution < 1.29 is 57.5 Å². The summed E-state index contributed by atoms with van der Waals surface area (Å²) in [5.41, 5.74) is -4.27. The molecule has 4 aliphatic rings.